The zero-order valence-corrected chi connectivity index (χ0v) is 23.2. The van der Waals surface area contributed by atoms with Crippen molar-refractivity contribution in [1.82, 2.24) is 0 Å². The predicted molar refractivity (Wildman–Crippen MR) is 138 cm³/mol. The lowest BCUT2D eigenvalue weighted by Crippen LogP contribution is -2.65. The first-order valence-electron chi connectivity index (χ1n) is 13.9. The minimum absolute atomic E-state index is 0.0203. The fraction of sp³-hybridized carbons (Fsp3) is 0.774. The Morgan fingerprint density at radius 3 is 2.39 bits per heavy atom. The molecule has 3 saturated carbocycles. The summed E-state index contributed by atoms with van der Waals surface area (Å²) >= 11 is 0. The molecule has 196 valence electrons. The van der Waals surface area contributed by atoms with Crippen LogP contribution >= 0.6 is 0 Å². The van der Waals surface area contributed by atoms with E-state index in [1.807, 2.05) is 13.0 Å². The molecule has 1 N–H and O–H groups in total. The van der Waals surface area contributed by atoms with Gasteiger partial charge in [-0.25, -0.2) is 4.85 Å². The van der Waals surface area contributed by atoms with Gasteiger partial charge < -0.3 is 9.84 Å². The Balaban J connectivity index is 1.67. The molecule has 0 aromatic carbocycles. The Bertz CT molecular complexity index is 1130. The molecule has 0 aromatic heterocycles. The van der Waals surface area contributed by atoms with Crippen molar-refractivity contribution < 1.29 is 19.4 Å². The van der Waals surface area contributed by atoms with Gasteiger partial charge in [0, 0.05) is 11.8 Å². The minimum atomic E-state index is -0.571. The van der Waals surface area contributed by atoms with Gasteiger partial charge in [0.15, 0.2) is 5.78 Å². The third-order valence-electron chi connectivity index (χ3n) is 12.3. The molecule has 0 unspecified atom stereocenters. The van der Waals surface area contributed by atoms with Crippen molar-refractivity contribution >= 4 is 11.8 Å². The maximum absolute atomic E-state index is 14.3. The second kappa shape index (κ2) is 7.71. The molecule has 5 nitrogen and oxygen atoms in total. The number of fused-ring (bicyclic) bond motifs is 7. The molecule has 0 bridgehead atoms. The van der Waals surface area contributed by atoms with E-state index in [9.17, 15) is 14.7 Å². The number of hydrogen-bond donors (Lipinski definition) is 1. The van der Waals surface area contributed by atoms with Crippen molar-refractivity contribution in [2.75, 3.05) is 7.11 Å². The average Bonchev–Trinajstić information content (AvgIpc) is 2.82. The van der Waals surface area contributed by atoms with E-state index in [4.69, 9.17) is 11.3 Å². The van der Waals surface area contributed by atoms with Crippen LogP contribution in [-0.4, -0.2) is 24.0 Å². The summed E-state index contributed by atoms with van der Waals surface area (Å²) in [5.74, 6) is 0.179. The molecule has 36 heavy (non-hydrogen) atoms. The Morgan fingerprint density at radius 2 is 1.75 bits per heavy atom. The molecule has 8 atom stereocenters. The smallest absolute Gasteiger partial charge is 0.312 e. The van der Waals surface area contributed by atoms with Gasteiger partial charge in [-0.2, -0.15) is 0 Å². The maximum Gasteiger partial charge on any atom is 0.312 e. The van der Waals surface area contributed by atoms with Gasteiger partial charge in [-0.3, -0.25) is 9.59 Å². The summed E-state index contributed by atoms with van der Waals surface area (Å²) < 4.78 is 5.41. The van der Waals surface area contributed by atoms with Crippen LogP contribution in [0.3, 0.4) is 0 Å². The maximum atomic E-state index is 14.3. The van der Waals surface area contributed by atoms with E-state index in [1.165, 1.54) is 12.7 Å². The summed E-state index contributed by atoms with van der Waals surface area (Å²) in [6.45, 7) is 21.2. The molecule has 0 saturated heterocycles. The van der Waals surface area contributed by atoms with E-state index in [2.05, 4.69) is 39.5 Å². The molecule has 0 amide bonds. The van der Waals surface area contributed by atoms with Gasteiger partial charge >= 0.3 is 5.97 Å². The topological polar surface area (TPSA) is 68.0 Å². The van der Waals surface area contributed by atoms with Gasteiger partial charge in [0.1, 0.15) is 0 Å². The Kier molecular flexibility index (Phi) is 5.48. The van der Waals surface area contributed by atoms with Crippen LogP contribution in [0.25, 0.3) is 4.85 Å². The van der Waals surface area contributed by atoms with E-state index in [0.29, 0.717) is 12.1 Å². The Hall–Kier alpha value is -2.09. The summed E-state index contributed by atoms with van der Waals surface area (Å²) in [7, 11) is 1.49. The number of ether oxygens (including phenoxy) is 1. The number of aliphatic hydroxyl groups excluding tert-OH is 1. The molecule has 5 heteroatoms. The molecule has 3 fully saturated rings. The third kappa shape index (κ3) is 2.99. The van der Waals surface area contributed by atoms with Crippen LogP contribution in [-0.2, 0) is 14.3 Å². The summed E-state index contributed by atoms with van der Waals surface area (Å²) in [4.78, 5) is 31.4. The molecular weight excluding hydrogens is 450 g/mol. The lowest BCUT2D eigenvalue weighted by molar-refractivity contribution is -0.191. The molecule has 5 aliphatic rings. The number of aliphatic hydroxyl groups is 1. The number of ketones is 1. The summed E-state index contributed by atoms with van der Waals surface area (Å²) in [5, 5.41) is 10.8. The first-order chi connectivity index (χ1) is 16.7. The largest absolute Gasteiger partial charge is 0.523 e. The molecule has 0 aliphatic heterocycles. The lowest BCUT2D eigenvalue weighted by atomic mass is 9.34. The zero-order valence-electron chi connectivity index (χ0n) is 23.2. The number of hydrogen-bond acceptors (Lipinski definition) is 4. The highest BCUT2D eigenvalue weighted by molar-refractivity contribution is 5.96. The van der Waals surface area contributed by atoms with E-state index in [0.717, 1.165) is 44.9 Å². The number of allylic oxidation sites excluding steroid dienone is 4. The normalized spacial score (nSPS) is 47.4. The Morgan fingerprint density at radius 1 is 1.08 bits per heavy atom. The fourth-order valence-electron chi connectivity index (χ4n) is 10.1. The second-order valence-corrected chi connectivity index (χ2v) is 14.3. The monoisotopic (exact) mass is 493 g/mol. The van der Waals surface area contributed by atoms with Crippen molar-refractivity contribution in [3.8, 4) is 0 Å². The quantitative estimate of drug-likeness (QED) is 0.314. The molecule has 0 aromatic rings. The minimum Gasteiger partial charge on any atom is -0.523 e. The summed E-state index contributed by atoms with van der Waals surface area (Å²) in [6.07, 6.45) is 8.61. The van der Waals surface area contributed by atoms with E-state index >= 15 is 0 Å². The lowest BCUT2D eigenvalue weighted by Gasteiger charge is -2.68. The number of rotatable bonds is 1. The van der Waals surface area contributed by atoms with Crippen LogP contribution in [0.15, 0.2) is 23.1 Å². The summed E-state index contributed by atoms with van der Waals surface area (Å²) in [5.41, 5.74) is 0.372. The Labute approximate surface area is 216 Å². The standard InChI is InChI=1S/C31H43NO4/c1-18-19-9-10-29(5)23(28(19,4)17-21(32-7)25(18)34)15-22(33)24-20-16-27(2,3)11-13-31(20,26(35)36-8)14-12-30(24,29)6/h15,18-20,24,34H,9-14,16-17H2,1-6,8H3/t18-,19-,20-,24-,28-,29+,30+,31-/m0/s1. The van der Waals surface area contributed by atoms with Crippen LogP contribution in [0.5, 0.6) is 0 Å². The van der Waals surface area contributed by atoms with E-state index < -0.39 is 5.41 Å². The average molecular weight is 494 g/mol. The van der Waals surface area contributed by atoms with Crippen LogP contribution in [0.4, 0.5) is 0 Å². The van der Waals surface area contributed by atoms with E-state index in [1.54, 1.807) is 0 Å². The number of esters is 1. The zero-order chi connectivity index (χ0) is 26.5. The number of carbonyl (C=O) groups excluding carboxylic acids is 2. The van der Waals surface area contributed by atoms with Crippen LogP contribution in [0, 0.1) is 57.3 Å². The highest BCUT2D eigenvalue weighted by Gasteiger charge is 2.70. The van der Waals surface area contributed by atoms with Crippen molar-refractivity contribution in [3.05, 3.63) is 34.5 Å². The fourth-order valence-corrected chi connectivity index (χ4v) is 10.1. The molecule has 5 aliphatic carbocycles. The summed E-state index contributed by atoms with van der Waals surface area (Å²) in [6, 6.07) is 0. The van der Waals surface area contributed by atoms with Crippen LogP contribution in [0.1, 0.15) is 92.9 Å². The van der Waals surface area contributed by atoms with Crippen molar-refractivity contribution in [3.63, 3.8) is 0 Å². The van der Waals surface area contributed by atoms with E-state index in [-0.39, 0.29) is 62.8 Å². The van der Waals surface area contributed by atoms with Gasteiger partial charge in [0.2, 0.25) is 5.70 Å². The highest BCUT2D eigenvalue weighted by Crippen LogP contribution is 2.74. The first kappa shape index (κ1) is 25.6. The molecular formula is C31H43NO4. The second-order valence-electron chi connectivity index (χ2n) is 14.3. The molecule has 5 rings (SSSR count). The van der Waals surface area contributed by atoms with Crippen molar-refractivity contribution in [2.24, 2.45) is 50.7 Å². The van der Waals surface area contributed by atoms with Crippen molar-refractivity contribution in [1.29, 1.82) is 0 Å². The SMILES string of the molecule is [C-]#[N+]C1=C(O)[C@@H](C)[C@@H]2CC[C@]3(C)C(=CC(=O)[C@@H]4[C@@H]5CC(C)(C)CC[C@]5(C(=O)OC)CC[C@]43C)[C@@]2(C)C1. The highest BCUT2D eigenvalue weighted by atomic mass is 16.5. The number of nitrogens with zero attached hydrogens (tertiary/aromatic N) is 1. The van der Waals surface area contributed by atoms with Crippen molar-refractivity contribution in [2.45, 2.75) is 92.9 Å². The van der Waals surface area contributed by atoms with Gasteiger partial charge in [-0.05, 0) is 90.9 Å². The molecule has 0 radical (unpaired) electrons. The first-order valence-corrected chi connectivity index (χ1v) is 13.9. The van der Waals surface area contributed by atoms with Crippen LogP contribution in [0.2, 0.25) is 0 Å². The van der Waals surface area contributed by atoms with Gasteiger partial charge in [-0.15, -0.1) is 0 Å². The molecule has 0 heterocycles. The van der Waals surface area contributed by atoms with Gasteiger partial charge in [0.25, 0.3) is 0 Å². The van der Waals surface area contributed by atoms with Gasteiger partial charge in [-0.1, -0.05) is 47.1 Å². The number of methoxy groups -OCH3 is 1. The predicted octanol–water partition coefficient (Wildman–Crippen LogP) is 7.05. The van der Waals surface area contributed by atoms with Crippen LogP contribution < -0.4 is 0 Å². The number of carbonyl (C=O) groups is 2. The van der Waals surface area contributed by atoms with Gasteiger partial charge in [0.05, 0.1) is 24.9 Å². The molecule has 0 spiro atoms. The third-order valence-corrected chi connectivity index (χ3v) is 12.3.